The Balaban J connectivity index is 1.54. The third-order valence-corrected chi connectivity index (χ3v) is 6.62. The van der Waals surface area contributed by atoms with Gasteiger partial charge >= 0.3 is 0 Å². The summed E-state index contributed by atoms with van der Waals surface area (Å²) in [5.41, 5.74) is 2.43. The van der Waals surface area contributed by atoms with Crippen molar-refractivity contribution in [3.63, 3.8) is 0 Å². The van der Waals surface area contributed by atoms with Gasteiger partial charge in [-0.05, 0) is 61.0 Å². The number of carbonyl (C=O) groups excluding carboxylic acids is 1. The number of carbonyl (C=O) groups is 1. The minimum atomic E-state index is -3.92. The van der Waals surface area contributed by atoms with Crippen molar-refractivity contribution in [1.29, 1.82) is 0 Å². The van der Waals surface area contributed by atoms with Gasteiger partial charge in [0.25, 0.3) is 15.9 Å². The van der Waals surface area contributed by atoms with Crippen molar-refractivity contribution in [3.05, 3.63) is 95.3 Å². The summed E-state index contributed by atoms with van der Waals surface area (Å²) in [5.74, 6) is 0.128. The van der Waals surface area contributed by atoms with Crippen molar-refractivity contribution in [1.82, 2.24) is 9.78 Å². The standard InChI is InChI=1S/C24H21ClN4O4S/c1-16-10-11-23(33-2)22(14-16)29-13-12-21(27-29)24(30)26-17-6-5-7-18(15-17)34(31,32)28-20-9-4-3-8-19(20)25/h3-15,28H,1-2H3,(H,26,30). The number of aromatic nitrogens is 2. The molecule has 10 heteroatoms. The van der Waals surface area contributed by atoms with Gasteiger partial charge in [0.1, 0.15) is 11.4 Å². The molecule has 0 aliphatic carbocycles. The molecule has 1 heterocycles. The number of benzene rings is 3. The topological polar surface area (TPSA) is 102 Å². The normalized spacial score (nSPS) is 11.1. The first kappa shape index (κ1) is 23.3. The number of halogens is 1. The summed E-state index contributed by atoms with van der Waals surface area (Å²) >= 11 is 6.06. The molecule has 0 aliphatic heterocycles. The molecule has 0 saturated heterocycles. The lowest BCUT2D eigenvalue weighted by molar-refractivity contribution is 0.102. The van der Waals surface area contributed by atoms with Crippen molar-refractivity contribution in [2.75, 3.05) is 17.1 Å². The number of hydrogen-bond acceptors (Lipinski definition) is 5. The highest BCUT2D eigenvalue weighted by atomic mass is 35.5. The molecule has 34 heavy (non-hydrogen) atoms. The van der Waals surface area contributed by atoms with E-state index in [0.29, 0.717) is 17.1 Å². The van der Waals surface area contributed by atoms with Crippen LogP contribution in [0.4, 0.5) is 11.4 Å². The summed E-state index contributed by atoms with van der Waals surface area (Å²) in [6, 6.07) is 19.6. The van der Waals surface area contributed by atoms with Crippen LogP contribution in [0.25, 0.3) is 5.69 Å². The molecule has 1 amide bonds. The molecule has 0 saturated carbocycles. The van der Waals surface area contributed by atoms with Gasteiger partial charge in [0.05, 0.1) is 22.7 Å². The van der Waals surface area contributed by atoms with Gasteiger partial charge in [-0.1, -0.05) is 35.9 Å². The lowest BCUT2D eigenvalue weighted by atomic mass is 10.2. The van der Waals surface area contributed by atoms with Crippen molar-refractivity contribution in [3.8, 4) is 11.4 Å². The fourth-order valence-electron chi connectivity index (χ4n) is 3.24. The molecule has 0 unspecified atom stereocenters. The van der Waals surface area contributed by atoms with Crippen LogP contribution in [0.15, 0.2) is 83.9 Å². The Kier molecular flexibility index (Phi) is 6.58. The quantitative estimate of drug-likeness (QED) is 0.379. The van der Waals surface area contributed by atoms with E-state index in [9.17, 15) is 13.2 Å². The van der Waals surface area contributed by atoms with Crippen LogP contribution >= 0.6 is 11.6 Å². The first-order valence-corrected chi connectivity index (χ1v) is 12.0. The number of nitrogens with one attached hydrogen (secondary N) is 2. The number of ether oxygens (including phenoxy) is 1. The molecule has 8 nitrogen and oxygen atoms in total. The SMILES string of the molecule is COc1ccc(C)cc1-n1ccc(C(=O)Nc2cccc(S(=O)(=O)Nc3ccccc3Cl)c2)n1. The number of hydrogen-bond donors (Lipinski definition) is 2. The molecule has 0 bridgehead atoms. The van der Waals surface area contributed by atoms with Crippen molar-refractivity contribution >= 4 is 38.9 Å². The molecule has 0 atom stereocenters. The van der Waals surface area contributed by atoms with Gasteiger partial charge in [-0.25, -0.2) is 13.1 Å². The fraction of sp³-hybridized carbons (Fsp3) is 0.0833. The molecule has 3 aromatic carbocycles. The molecule has 174 valence electrons. The van der Waals surface area contributed by atoms with E-state index in [4.69, 9.17) is 16.3 Å². The molecule has 4 rings (SSSR count). The maximum Gasteiger partial charge on any atom is 0.276 e. The molecule has 4 aromatic rings. The first-order chi connectivity index (χ1) is 16.3. The zero-order valence-corrected chi connectivity index (χ0v) is 19.9. The van der Waals surface area contributed by atoms with Crippen LogP contribution < -0.4 is 14.8 Å². The van der Waals surface area contributed by atoms with E-state index in [2.05, 4.69) is 15.1 Å². The van der Waals surface area contributed by atoms with Gasteiger partial charge in [0, 0.05) is 11.9 Å². The maximum absolute atomic E-state index is 12.8. The number of aryl methyl sites for hydroxylation is 1. The summed E-state index contributed by atoms with van der Waals surface area (Å²) in [5, 5.41) is 7.30. The third kappa shape index (κ3) is 5.05. The molecular formula is C24H21ClN4O4S. The van der Waals surface area contributed by atoms with E-state index in [1.165, 1.54) is 18.2 Å². The third-order valence-electron chi connectivity index (χ3n) is 4.92. The molecular weight excluding hydrogens is 476 g/mol. The molecule has 1 aromatic heterocycles. The van der Waals surface area contributed by atoms with Crippen LogP contribution in [0.1, 0.15) is 16.1 Å². The molecule has 0 fully saturated rings. The summed E-state index contributed by atoms with van der Waals surface area (Å²) < 4.78 is 35.0. The second-order valence-corrected chi connectivity index (χ2v) is 9.48. The minimum Gasteiger partial charge on any atom is -0.494 e. The number of methoxy groups -OCH3 is 1. The van der Waals surface area contributed by atoms with E-state index in [1.807, 2.05) is 25.1 Å². The summed E-state index contributed by atoms with van der Waals surface area (Å²) in [4.78, 5) is 12.7. The Labute approximate surface area is 202 Å². The smallest absolute Gasteiger partial charge is 0.276 e. The van der Waals surface area contributed by atoms with Gasteiger partial charge in [-0.15, -0.1) is 0 Å². The number of sulfonamides is 1. The largest absolute Gasteiger partial charge is 0.494 e. The number of nitrogens with zero attached hydrogens (tertiary/aromatic N) is 2. The van der Waals surface area contributed by atoms with Gasteiger partial charge in [0.15, 0.2) is 5.69 Å². The lowest BCUT2D eigenvalue weighted by Gasteiger charge is -2.11. The Morgan fingerprint density at radius 3 is 2.59 bits per heavy atom. The average molecular weight is 497 g/mol. The monoisotopic (exact) mass is 496 g/mol. The van der Waals surface area contributed by atoms with Gasteiger partial charge in [-0.2, -0.15) is 5.10 Å². The van der Waals surface area contributed by atoms with Crippen LogP contribution in [0.2, 0.25) is 5.02 Å². The second kappa shape index (κ2) is 9.58. The van der Waals surface area contributed by atoms with Crippen LogP contribution in [-0.2, 0) is 10.0 Å². The van der Waals surface area contributed by atoms with E-state index in [-0.39, 0.29) is 21.3 Å². The van der Waals surface area contributed by atoms with Crippen molar-refractivity contribution in [2.24, 2.45) is 0 Å². The zero-order chi connectivity index (χ0) is 24.3. The first-order valence-electron chi connectivity index (χ1n) is 10.2. The Morgan fingerprint density at radius 2 is 1.82 bits per heavy atom. The summed E-state index contributed by atoms with van der Waals surface area (Å²) in [6.07, 6.45) is 1.65. The fourth-order valence-corrected chi connectivity index (χ4v) is 4.61. The van der Waals surface area contributed by atoms with E-state index in [1.54, 1.807) is 54.4 Å². The molecule has 0 radical (unpaired) electrons. The van der Waals surface area contributed by atoms with E-state index >= 15 is 0 Å². The highest BCUT2D eigenvalue weighted by Crippen LogP contribution is 2.26. The number of amides is 1. The maximum atomic E-state index is 12.8. The van der Waals surface area contributed by atoms with Crippen LogP contribution in [0.3, 0.4) is 0 Å². The predicted octanol–water partition coefficient (Wildman–Crippen LogP) is 4.90. The van der Waals surface area contributed by atoms with E-state index in [0.717, 1.165) is 5.56 Å². The lowest BCUT2D eigenvalue weighted by Crippen LogP contribution is -2.16. The van der Waals surface area contributed by atoms with Crippen LogP contribution in [0.5, 0.6) is 5.75 Å². The van der Waals surface area contributed by atoms with Gasteiger partial charge in [-0.3, -0.25) is 9.52 Å². The van der Waals surface area contributed by atoms with Gasteiger partial charge < -0.3 is 10.1 Å². The Morgan fingerprint density at radius 1 is 1.03 bits per heavy atom. The van der Waals surface area contributed by atoms with E-state index < -0.39 is 15.9 Å². The van der Waals surface area contributed by atoms with Crippen molar-refractivity contribution < 1.29 is 17.9 Å². The number of rotatable bonds is 7. The molecule has 2 N–H and O–H groups in total. The minimum absolute atomic E-state index is 0.0275. The highest BCUT2D eigenvalue weighted by molar-refractivity contribution is 7.92. The van der Waals surface area contributed by atoms with Crippen molar-refractivity contribution in [2.45, 2.75) is 11.8 Å². The average Bonchev–Trinajstić information content (AvgIpc) is 3.31. The Bertz CT molecular complexity index is 1470. The van der Waals surface area contributed by atoms with Crippen LogP contribution in [0, 0.1) is 6.92 Å². The van der Waals surface area contributed by atoms with Crippen LogP contribution in [-0.4, -0.2) is 31.2 Å². The predicted molar refractivity (Wildman–Crippen MR) is 132 cm³/mol. The Hall–Kier alpha value is -3.82. The molecule has 0 spiro atoms. The highest BCUT2D eigenvalue weighted by Gasteiger charge is 2.18. The number of anilines is 2. The summed E-state index contributed by atoms with van der Waals surface area (Å²) in [7, 11) is -2.36. The van der Waals surface area contributed by atoms with Gasteiger partial charge in [0.2, 0.25) is 0 Å². The molecule has 0 aliphatic rings. The zero-order valence-electron chi connectivity index (χ0n) is 18.3. The number of para-hydroxylation sites is 1. The summed E-state index contributed by atoms with van der Waals surface area (Å²) in [6.45, 7) is 1.95. The second-order valence-electron chi connectivity index (χ2n) is 7.39.